The van der Waals surface area contributed by atoms with Crippen LogP contribution in [0, 0.1) is 5.92 Å². The summed E-state index contributed by atoms with van der Waals surface area (Å²) in [4.78, 5) is 12.3. The monoisotopic (exact) mass is 260 g/mol. The number of likely N-dealkylation sites (N-methyl/N-ethyl adjacent to an activating group) is 1. The molecule has 1 aliphatic heterocycles. The highest BCUT2D eigenvalue weighted by Gasteiger charge is 2.33. The lowest BCUT2D eigenvalue weighted by atomic mass is 10.0. The number of fused-ring (bicyclic) bond motifs is 1. The summed E-state index contributed by atoms with van der Waals surface area (Å²) in [6.45, 7) is 1.11. The van der Waals surface area contributed by atoms with Crippen LogP contribution in [0.1, 0.15) is 17.5 Å². The highest BCUT2D eigenvalue weighted by molar-refractivity contribution is 5.93. The van der Waals surface area contributed by atoms with Crippen molar-refractivity contribution in [3.63, 3.8) is 0 Å². The zero-order chi connectivity index (χ0) is 13.2. The molecule has 102 valence electrons. The number of rotatable bonds is 3. The molecule has 1 aromatic carbocycles. The molecule has 1 saturated heterocycles. The molecule has 2 unspecified atom stereocenters. The van der Waals surface area contributed by atoms with Crippen molar-refractivity contribution in [2.45, 2.75) is 25.3 Å². The fraction of sp³-hybridized carbons (Fsp3) is 0.533. The van der Waals surface area contributed by atoms with Crippen LogP contribution in [0.2, 0.25) is 0 Å². The van der Waals surface area contributed by atoms with Crippen LogP contribution in [0.15, 0.2) is 18.2 Å². The second kappa shape index (κ2) is 5.31. The molecule has 0 bridgehead atoms. The normalized spacial score (nSPS) is 25.3. The number of nitrogens with one attached hydrogen (secondary N) is 2. The van der Waals surface area contributed by atoms with Crippen molar-refractivity contribution >= 4 is 11.6 Å². The van der Waals surface area contributed by atoms with Gasteiger partial charge in [-0.05, 0) is 49.6 Å². The largest absolute Gasteiger partial charge is 0.379 e. The Morgan fingerprint density at radius 3 is 2.95 bits per heavy atom. The Kier molecular flexibility index (Phi) is 3.53. The molecule has 2 atom stereocenters. The molecule has 1 amide bonds. The summed E-state index contributed by atoms with van der Waals surface area (Å²) >= 11 is 0. The summed E-state index contributed by atoms with van der Waals surface area (Å²) in [5.74, 6) is -0.0481. The SMILES string of the molecule is CNC1COCC1C(=O)Nc1ccc2c(c1)CCC2. The van der Waals surface area contributed by atoms with E-state index in [-0.39, 0.29) is 17.9 Å². The van der Waals surface area contributed by atoms with Crippen LogP contribution < -0.4 is 10.6 Å². The van der Waals surface area contributed by atoms with Crippen molar-refractivity contribution in [1.29, 1.82) is 0 Å². The standard InChI is InChI=1S/C15H20N2O2/c1-16-14-9-19-8-13(14)15(18)17-12-6-5-10-3-2-4-11(10)7-12/h5-7,13-14,16H,2-4,8-9H2,1H3,(H,17,18). The van der Waals surface area contributed by atoms with Gasteiger partial charge in [0.25, 0.3) is 0 Å². The van der Waals surface area contributed by atoms with E-state index in [0.717, 1.165) is 12.1 Å². The summed E-state index contributed by atoms with van der Waals surface area (Å²) in [5, 5.41) is 6.16. The summed E-state index contributed by atoms with van der Waals surface area (Å²) in [5.41, 5.74) is 3.72. The molecule has 4 nitrogen and oxygen atoms in total. The number of anilines is 1. The average molecular weight is 260 g/mol. The van der Waals surface area contributed by atoms with E-state index in [4.69, 9.17) is 4.74 Å². The zero-order valence-electron chi connectivity index (χ0n) is 11.2. The molecule has 1 aromatic rings. The molecule has 0 saturated carbocycles. The van der Waals surface area contributed by atoms with E-state index in [1.165, 1.54) is 24.0 Å². The average Bonchev–Trinajstić information content (AvgIpc) is 3.06. The van der Waals surface area contributed by atoms with Crippen molar-refractivity contribution in [3.05, 3.63) is 29.3 Å². The Labute approximate surface area is 113 Å². The summed E-state index contributed by atoms with van der Waals surface area (Å²) in [7, 11) is 1.87. The molecule has 0 radical (unpaired) electrons. The molecule has 2 aliphatic rings. The van der Waals surface area contributed by atoms with Gasteiger partial charge in [0.2, 0.25) is 5.91 Å². The number of carbonyl (C=O) groups is 1. The van der Waals surface area contributed by atoms with E-state index < -0.39 is 0 Å². The highest BCUT2D eigenvalue weighted by atomic mass is 16.5. The first-order chi connectivity index (χ1) is 9.28. The second-order valence-electron chi connectivity index (χ2n) is 5.37. The molecule has 1 aliphatic carbocycles. The smallest absolute Gasteiger partial charge is 0.231 e. The number of benzene rings is 1. The summed E-state index contributed by atoms with van der Waals surface area (Å²) in [6.07, 6.45) is 3.53. The molecular weight excluding hydrogens is 240 g/mol. The topological polar surface area (TPSA) is 50.4 Å². The summed E-state index contributed by atoms with van der Waals surface area (Å²) in [6, 6.07) is 6.38. The van der Waals surface area contributed by atoms with Gasteiger partial charge < -0.3 is 15.4 Å². The second-order valence-corrected chi connectivity index (χ2v) is 5.37. The minimum Gasteiger partial charge on any atom is -0.379 e. The highest BCUT2D eigenvalue weighted by Crippen LogP contribution is 2.25. The quantitative estimate of drug-likeness (QED) is 0.862. The predicted octanol–water partition coefficient (Wildman–Crippen LogP) is 1.35. The number of ether oxygens (including phenoxy) is 1. The molecule has 4 heteroatoms. The molecule has 0 spiro atoms. The fourth-order valence-corrected chi connectivity index (χ4v) is 2.98. The lowest BCUT2D eigenvalue weighted by Crippen LogP contribution is -2.39. The van der Waals surface area contributed by atoms with Gasteiger partial charge in [0.1, 0.15) is 0 Å². The van der Waals surface area contributed by atoms with Gasteiger partial charge in [-0.3, -0.25) is 4.79 Å². The molecule has 3 rings (SSSR count). The van der Waals surface area contributed by atoms with Gasteiger partial charge in [0, 0.05) is 11.7 Å². The van der Waals surface area contributed by atoms with Crippen LogP contribution in [0.3, 0.4) is 0 Å². The minimum absolute atomic E-state index is 0.0507. The molecule has 1 fully saturated rings. The first-order valence-electron chi connectivity index (χ1n) is 6.95. The first kappa shape index (κ1) is 12.6. The third kappa shape index (κ3) is 2.51. The first-order valence-corrected chi connectivity index (χ1v) is 6.95. The van der Waals surface area contributed by atoms with Crippen LogP contribution in [-0.4, -0.2) is 32.2 Å². The van der Waals surface area contributed by atoms with Crippen LogP contribution in [0.25, 0.3) is 0 Å². The number of carbonyl (C=O) groups excluding carboxylic acids is 1. The van der Waals surface area contributed by atoms with Crippen LogP contribution in [0.5, 0.6) is 0 Å². The van der Waals surface area contributed by atoms with Gasteiger partial charge in [-0.15, -0.1) is 0 Å². The van der Waals surface area contributed by atoms with Crippen molar-refractivity contribution in [1.82, 2.24) is 5.32 Å². The lowest BCUT2D eigenvalue weighted by molar-refractivity contribution is -0.120. The fourth-order valence-electron chi connectivity index (χ4n) is 2.98. The molecule has 1 heterocycles. The summed E-state index contributed by atoms with van der Waals surface area (Å²) < 4.78 is 5.37. The van der Waals surface area contributed by atoms with E-state index in [0.29, 0.717) is 13.2 Å². The number of hydrogen-bond donors (Lipinski definition) is 2. The number of aryl methyl sites for hydroxylation is 2. The third-order valence-corrected chi connectivity index (χ3v) is 4.15. The van der Waals surface area contributed by atoms with Crippen molar-refractivity contribution in [2.24, 2.45) is 5.92 Å². The molecule has 0 aromatic heterocycles. The third-order valence-electron chi connectivity index (χ3n) is 4.15. The Balaban J connectivity index is 1.69. The Bertz CT molecular complexity index is 487. The Hall–Kier alpha value is -1.39. The van der Waals surface area contributed by atoms with E-state index in [9.17, 15) is 4.79 Å². The van der Waals surface area contributed by atoms with Gasteiger partial charge in [-0.1, -0.05) is 6.07 Å². The Morgan fingerprint density at radius 2 is 2.11 bits per heavy atom. The van der Waals surface area contributed by atoms with Gasteiger partial charge >= 0.3 is 0 Å². The zero-order valence-corrected chi connectivity index (χ0v) is 11.2. The van der Waals surface area contributed by atoms with Crippen molar-refractivity contribution in [2.75, 3.05) is 25.6 Å². The van der Waals surface area contributed by atoms with E-state index in [2.05, 4.69) is 22.8 Å². The maximum Gasteiger partial charge on any atom is 0.231 e. The maximum absolute atomic E-state index is 12.3. The van der Waals surface area contributed by atoms with Gasteiger partial charge in [-0.2, -0.15) is 0 Å². The van der Waals surface area contributed by atoms with Gasteiger partial charge in [-0.25, -0.2) is 0 Å². The van der Waals surface area contributed by atoms with Gasteiger partial charge in [0.05, 0.1) is 19.1 Å². The maximum atomic E-state index is 12.3. The minimum atomic E-state index is -0.0988. The van der Waals surface area contributed by atoms with E-state index in [1.807, 2.05) is 13.1 Å². The lowest BCUT2D eigenvalue weighted by Gasteiger charge is -2.16. The van der Waals surface area contributed by atoms with Crippen LogP contribution in [0.4, 0.5) is 5.69 Å². The van der Waals surface area contributed by atoms with Crippen LogP contribution in [-0.2, 0) is 22.4 Å². The van der Waals surface area contributed by atoms with E-state index in [1.54, 1.807) is 0 Å². The van der Waals surface area contributed by atoms with Crippen molar-refractivity contribution in [3.8, 4) is 0 Å². The Morgan fingerprint density at radius 1 is 1.26 bits per heavy atom. The van der Waals surface area contributed by atoms with E-state index >= 15 is 0 Å². The predicted molar refractivity (Wildman–Crippen MR) is 74.3 cm³/mol. The van der Waals surface area contributed by atoms with Crippen LogP contribution >= 0.6 is 0 Å². The van der Waals surface area contributed by atoms with Crippen molar-refractivity contribution < 1.29 is 9.53 Å². The number of amides is 1. The number of hydrogen-bond acceptors (Lipinski definition) is 3. The molecule has 2 N–H and O–H groups in total. The molecule has 19 heavy (non-hydrogen) atoms. The molecular formula is C15H20N2O2. The van der Waals surface area contributed by atoms with Gasteiger partial charge in [0.15, 0.2) is 0 Å².